The molecule has 0 aliphatic rings. The molecule has 2 nitrogen and oxygen atoms in total. The van der Waals surface area contributed by atoms with E-state index in [1.807, 2.05) is 0 Å². The molecule has 0 saturated heterocycles. The summed E-state index contributed by atoms with van der Waals surface area (Å²) in [4.78, 5) is 10.2. The molecule has 0 heterocycles. The molecule has 0 spiro atoms. The summed E-state index contributed by atoms with van der Waals surface area (Å²) in [6.45, 7) is 4.57. The first-order valence-electron chi connectivity index (χ1n) is 16.3. The molecule has 2 aromatic rings. The van der Waals surface area contributed by atoms with E-state index in [1.165, 1.54) is 103 Å². The summed E-state index contributed by atoms with van der Waals surface area (Å²) in [7, 11) is 0. The second kappa shape index (κ2) is 26.1. The molecule has 0 atom stereocenters. The number of nitrogens with zero attached hydrogens (tertiary/aromatic N) is 2. The van der Waals surface area contributed by atoms with Gasteiger partial charge in [-0.25, -0.2) is 4.99 Å². The first-order chi connectivity index (χ1) is 19.3. The Balaban J connectivity index is 0.00000800. The Labute approximate surface area is 260 Å². The molecule has 0 aliphatic heterocycles. The minimum absolute atomic E-state index is 0. The SMILES string of the molecule is CCCCCCCCCCCCCC=CC(=Nc1ccccc1)C(CCCCCCCC)=Nc1ccccc1.[Pd]. The van der Waals surface area contributed by atoms with E-state index in [9.17, 15) is 0 Å². The smallest absolute Gasteiger partial charge is 0.0848 e. The van der Waals surface area contributed by atoms with Crippen LogP contribution >= 0.6 is 0 Å². The van der Waals surface area contributed by atoms with Crippen LogP contribution in [0.25, 0.3) is 0 Å². The van der Waals surface area contributed by atoms with Crippen molar-refractivity contribution < 1.29 is 20.4 Å². The van der Waals surface area contributed by atoms with Gasteiger partial charge in [-0.1, -0.05) is 153 Å². The summed E-state index contributed by atoms with van der Waals surface area (Å²) in [5.74, 6) is 0. The van der Waals surface area contributed by atoms with Crippen LogP contribution < -0.4 is 0 Å². The van der Waals surface area contributed by atoms with Gasteiger partial charge in [0.15, 0.2) is 0 Å². The van der Waals surface area contributed by atoms with Gasteiger partial charge in [0, 0.05) is 20.4 Å². The zero-order valence-corrected chi connectivity index (χ0v) is 27.1. The van der Waals surface area contributed by atoms with Gasteiger partial charge in [0.25, 0.3) is 0 Å². The van der Waals surface area contributed by atoms with Crippen LogP contribution in [0.4, 0.5) is 11.4 Å². The molecule has 0 saturated carbocycles. The summed E-state index contributed by atoms with van der Waals surface area (Å²) in [6.07, 6.45) is 29.6. The minimum atomic E-state index is 0. The largest absolute Gasteiger partial charge is 0.251 e. The fourth-order valence-electron chi connectivity index (χ4n) is 4.93. The molecule has 0 fully saturated rings. The van der Waals surface area contributed by atoms with E-state index in [-0.39, 0.29) is 20.4 Å². The van der Waals surface area contributed by atoms with Gasteiger partial charge in [0.2, 0.25) is 0 Å². The average molecular weight is 635 g/mol. The topological polar surface area (TPSA) is 24.7 Å². The fraction of sp³-hybridized carbons (Fsp3) is 0.568. The third-order valence-electron chi connectivity index (χ3n) is 7.34. The third kappa shape index (κ3) is 18.5. The predicted molar refractivity (Wildman–Crippen MR) is 175 cm³/mol. The number of unbranched alkanes of at least 4 members (excludes halogenated alkanes) is 16. The van der Waals surface area contributed by atoms with Crippen molar-refractivity contribution in [2.45, 2.75) is 136 Å². The maximum absolute atomic E-state index is 5.10. The third-order valence-corrected chi connectivity index (χ3v) is 7.34. The van der Waals surface area contributed by atoms with Gasteiger partial charge in [-0.05, 0) is 56.0 Å². The quantitative estimate of drug-likeness (QED) is 0.0660. The Bertz CT molecular complexity index is 918. The van der Waals surface area contributed by atoms with Crippen LogP contribution in [0, 0.1) is 0 Å². The first kappa shape index (κ1) is 36.2. The van der Waals surface area contributed by atoms with E-state index in [2.05, 4.69) is 86.7 Å². The predicted octanol–water partition coefficient (Wildman–Crippen LogP) is 12.5. The summed E-state index contributed by atoms with van der Waals surface area (Å²) in [5, 5.41) is 0. The normalized spacial score (nSPS) is 12.2. The molecule has 0 N–H and O–H groups in total. The van der Waals surface area contributed by atoms with E-state index >= 15 is 0 Å². The first-order valence-corrected chi connectivity index (χ1v) is 16.3. The van der Waals surface area contributed by atoms with Gasteiger partial charge < -0.3 is 0 Å². The molecule has 224 valence electrons. The van der Waals surface area contributed by atoms with Crippen LogP contribution in [-0.4, -0.2) is 11.4 Å². The van der Waals surface area contributed by atoms with Crippen LogP contribution in [-0.2, 0) is 20.4 Å². The minimum Gasteiger partial charge on any atom is -0.251 e. The van der Waals surface area contributed by atoms with Crippen molar-refractivity contribution in [1.29, 1.82) is 0 Å². The van der Waals surface area contributed by atoms with Gasteiger partial charge in [-0.3, -0.25) is 4.99 Å². The summed E-state index contributed by atoms with van der Waals surface area (Å²) in [5.41, 5.74) is 4.13. The zero-order valence-electron chi connectivity index (χ0n) is 25.6. The van der Waals surface area contributed by atoms with Gasteiger partial charge in [-0.15, -0.1) is 0 Å². The van der Waals surface area contributed by atoms with E-state index in [4.69, 9.17) is 9.98 Å². The Kier molecular flexibility index (Phi) is 23.6. The summed E-state index contributed by atoms with van der Waals surface area (Å²) in [6, 6.07) is 20.7. The maximum Gasteiger partial charge on any atom is 0.0848 e. The molecule has 0 bridgehead atoms. The van der Waals surface area contributed by atoms with E-state index in [0.717, 1.165) is 42.1 Å². The molecule has 0 unspecified atom stereocenters. The number of para-hydroxylation sites is 2. The van der Waals surface area contributed by atoms with Gasteiger partial charge >= 0.3 is 0 Å². The number of aliphatic imine (C=N–C) groups is 2. The molecule has 0 radical (unpaired) electrons. The molecule has 3 heteroatoms. The second-order valence-corrected chi connectivity index (χ2v) is 11.0. The van der Waals surface area contributed by atoms with Crippen molar-refractivity contribution in [3.63, 3.8) is 0 Å². The van der Waals surface area contributed by atoms with Gasteiger partial charge in [-0.2, -0.15) is 0 Å². The Morgan fingerprint density at radius 1 is 0.525 bits per heavy atom. The van der Waals surface area contributed by atoms with Crippen LogP contribution in [0.15, 0.2) is 82.8 Å². The number of allylic oxidation sites excluding steroid dienone is 2. The van der Waals surface area contributed by atoms with Crippen molar-refractivity contribution in [3.05, 3.63) is 72.8 Å². The second-order valence-electron chi connectivity index (χ2n) is 11.0. The molecule has 0 aromatic heterocycles. The van der Waals surface area contributed by atoms with Crippen LogP contribution in [0.5, 0.6) is 0 Å². The van der Waals surface area contributed by atoms with Crippen molar-refractivity contribution >= 4 is 22.8 Å². The van der Waals surface area contributed by atoms with Crippen molar-refractivity contribution in [2.75, 3.05) is 0 Å². The van der Waals surface area contributed by atoms with Gasteiger partial charge in [0.1, 0.15) is 0 Å². The van der Waals surface area contributed by atoms with Crippen molar-refractivity contribution in [2.24, 2.45) is 9.98 Å². The van der Waals surface area contributed by atoms with Crippen LogP contribution in [0.1, 0.15) is 136 Å². The molecule has 40 heavy (non-hydrogen) atoms. The maximum atomic E-state index is 5.10. The van der Waals surface area contributed by atoms with E-state index in [1.54, 1.807) is 0 Å². The molecule has 2 rings (SSSR count). The Morgan fingerprint density at radius 3 is 1.45 bits per heavy atom. The van der Waals surface area contributed by atoms with Crippen molar-refractivity contribution in [3.8, 4) is 0 Å². The molecule has 0 aliphatic carbocycles. The molecule has 2 aromatic carbocycles. The fourth-order valence-corrected chi connectivity index (χ4v) is 4.93. The van der Waals surface area contributed by atoms with Crippen molar-refractivity contribution in [1.82, 2.24) is 0 Å². The van der Waals surface area contributed by atoms with E-state index in [0.29, 0.717) is 0 Å². The molecular formula is C37H56N2Pd. The number of rotatable bonds is 23. The van der Waals surface area contributed by atoms with Crippen LogP contribution in [0.3, 0.4) is 0 Å². The van der Waals surface area contributed by atoms with Crippen LogP contribution in [0.2, 0.25) is 0 Å². The number of benzene rings is 2. The number of hydrogen-bond acceptors (Lipinski definition) is 2. The molecular weight excluding hydrogens is 579 g/mol. The standard InChI is InChI=1S/C37H56N2.Pd/c1-3-5-7-9-11-12-13-14-15-16-17-19-27-33-37(39-35-30-24-21-25-31-35)36(32-26-18-10-8-6-4-2)38-34-28-22-20-23-29-34;/h20-25,27-31,33H,3-19,26,32H2,1-2H3;. The molecule has 0 amide bonds. The average Bonchev–Trinajstić information content (AvgIpc) is 2.97. The van der Waals surface area contributed by atoms with E-state index < -0.39 is 0 Å². The monoisotopic (exact) mass is 634 g/mol. The zero-order chi connectivity index (χ0) is 27.6. The summed E-state index contributed by atoms with van der Waals surface area (Å²) < 4.78 is 0. The Morgan fingerprint density at radius 2 is 0.950 bits per heavy atom. The van der Waals surface area contributed by atoms with Gasteiger partial charge in [0.05, 0.1) is 22.8 Å². The summed E-state index contributed by atoms with van der Waals surface area (Å²) >= 11 is 0. The number of hydrogen-bond donors (Lipinski definition) is 0. The Hall–Kier alpha value is -1.82.